The second-order valence-electron chi connectivity index (χ2n) is 7.93. The van der Waals surface area contributed by atoms with Gasteiger partial charge in [0.15, 0.2) is 5.69 Å². The molecule has 6 heteroatoms. The number of nitrogens with one attached hydrogen (secondary N) is 1. The normalized spacial score (nSPS) is 21.0. The van der Waals surface area contributed by atoms with Crippen LogP contribution in [0.3, 0.4) is 0 Å². The van der Waals surface area contributed by atoms with E-state index in [2.05, 4.69) is 47.3 Å². The molecule has 0 saturated heterocycles. The molecule has 0 spiro atoms. The molecule has 1 unspecified atom stereocenters. The third kappa shape index (κ3) is 3.41. The van der Waals surface area contributed by atoms with E-state index >= 15 is 0 Å². The summed E-state index contributed by atoms with van der Waals surface area (Å²) in [4.78, 5) is 21.0. The summed E-state index contributed by atoms with van der Waals surface area (Å²) in [5.41, 5.74) is 4.21. The van der Waals surface area contributed by atoms with Crippen molar-refractivity contribution in [2.75, 3.05) is 19.0 Å². The number of hydrogen-bond acceptors (Lipinski definition) is 5. The maximum Gasteiger partial charge on any atom is 0.358 e. The Labute approximate surface area is 164 Å². The number of aromatic nitrogens is 2. The Morgan fingerprint density at radius 3 is 2.85 bits per heavy atom. The quantitative estimate of drug-likeness (QED) is 0.772. The number of aryl methyl sites for hydroxylation is 2. The molecule has 2 aromatic rings. The highest BCUT2D eigenvalue weighted by Gasteiger charge is 2.35. The monoisotopic (exact) mass is 385 g/mol. The molecular formula is C21H24ClN3O2. The van der Waals surface area contributed by atoms with E-state index < -0.39 is 5.97 Å². The zero-order valence-corrected chi connectivity index (χ0v) is 16.7. The Morgan fingerprint density at radius 1 is 1.37 bits per heavy atom. The fraction of sp³-hybridized carbons (Fsp3) is 0.476. The number of halogens is 1. The van der Waals surface area contributed by atoms with Crippen LogP contribution in [0.1, 0.15) is 65.1 Å². The van der Waals surface area contributed by atoms with E-state index in [4.69, 9.17) is 16.3 Å². The number of hydrogen-bond donors (Lipinski definition) is 1. The molecule has 1 saturated carbocycles. The molecule has 4 rings (SSSR count). The fourth-order valence-electron chi connectivity index (χ4n) is 3.82. The van der Waals surface area contributed by atoms with E-state index in [1.165, 1.54) is 23.8 Å². The summed E-state index contributed by atoms with van der Waals surface area (Å²) in [6.07, 6.45) is 4.24. The first kappa shape index (κ1) is 18.2. The lowest BCUT2D eigenvalue weighted by atomic mass is 9.83. The first-order valence-electron chi connectivity index (χ1n) is 9.41. The van der Waals surface area contributed by atoms with Crippen molar-refractivity contribution in [1.82, 2.24) is 9.97 Å². The summed E-state index contributed by atoms with van der Waals surface area (Å²) in [5, 5.41) is 3.64. The summed E-state index contributed by atoms with van der Waals surface area (Å²) in [7, 11) is 1.34. The molecule has 1 fully saturated rings. The number of esters is 1. The van der Waals surface area contributed by atoms with Gasteiger partial charge in [-0.05, 0) is 43.7 Å². The van der Waals surface area contributed by atoms with Crippen LogP contribution in [-0.4, -0.2) is 29.6 Å². The van der Waals surface area contributed by atoms with Crippen LogP contribution < -0.4 is 5.32 Å². The van der Waals surface area contributed by atoms with Crippen LogP contribution in [0, 0.1) is 6.92 Å². The minimum atomic E-state index is -0.527. The van der Waals surface area contributed by atoms with Crippen molar-refractivity contribution < 1.29 is 9.53 Å². The number of anilines is 1. The van der Waals surface area contributed by atoms with Crippen molar-refractivity contribution in [3.05, 3.63) is 51.4 Å². The number of rotatable bonds is 5. The molecule has 1 heterocycles. The zero-order chi connectivity index (χ0) is 19.2. The van der Waals surface area contributed by atoms with Gasteiger partial charge in [-0.25, -0.2) is 14.8 Å². The highest BCUT2D eigenvalue weighted by Crippen LogP contribution is 2.41. The Hall–Kier alpha value is -2.14. The molecule has 0 radical (unpaired) electrons. The highest BCUT2D eigenvalue weighted by atomic mass is 35.5. The Morgan fingerprint density at radius 2 is 2.15 bits per heavy atom. The summed E-state index contributed by atoms with van der Waals surface area (Å²) >= 11 is 6.45. The van der Waals surface area contributed by atoms with Crippen LogP contribution in [0.4, 0.5) is 5.82 Å². The minimum Gasteiger partial charge on any atom is -0.464 e. The Bertz CT molecular complexity index is 911. The third-order valence-corrected chi connectivity index (χ3v) is 6.06. The van der Waals surface area contributed by atoms with Crippen molar-refractivity contribution in [2.45, 2.75) is 50.9 Å². The van der Waals surface area contributed by atoms with Gasteiger partial charge in [-0.3, -0.25) is 0 Å². The molecule has 142 valence electrons. The van der Waals surface area contributed by atoms with Crippen LogP contribution in [0.25, 0.3) is 0 Å². The van der Waals surface area contributed by atoms with Crippen LogP contribution in [-0.2, 0) is 16.6 Å². The van der Waals surface area contributed by atoms with Gasteiger partial charge < -0.3 is 10.1 Å². The van der Waals surface area contributed by atoms with Gasteiger partial charge in [0, 0.05) is 17.9 Å². The smallest absolute Gasteiger partial charge is 0.358 e. The molecule has 2 aliphatic carbocycles. The van der Waals surface area contributed by atoms with Gasteiger partial charge in [0.2, 0.25) is 0 Å². The number of ether oxygens (including phenoxy) is 1. The number of methoxy groups -OCH3 is 1. The molecule has 1 aromatic carbocycles. The predicted molar refractivity (Wildman–Crippen MR) is 106 cm³/mol. The Kier molecular flexibility index (Phi) is 4.58. The predicted octanol–water partition coefficient (Wildman–Crippen LogP) is 4.42. The van der Waals surface area contributed by atoms with Gasteiger partial charge in [0.1, 0.15) is 16.7 Å². The first-order chi connectivity index (χ1) is 12.9. The largest absolute Gasteiger partial charge is 0.464 e. The van der Waals surface area contributed by atoms with Gasteiger partial charge in [-0.2, -0.15) is 0 Å². The van der Waals surface area contributed by atoms with Gasteiger partial charge in [0.05, 0.1) is 7.11 Å². The van der Waals surface area contributed by atoms with Crippen LogP contribution in [0.5, 0.6) is 0 Å². The van der Waals surface area contributed by atoms with Crippen molar-refractivity contribution in [3.8, 4) is 0 Å². The molecule has 0 amide bonds. The van der Waals surface area contributed by atoms with E-state index in [-0.39, 0.29) is 16.1 Å². The highest BCUT2D eigenvalue weighted by molar-refractivity contribution is 6.35. The van der Waals surface area contributed by atoms with Crippen molar-refractivity contribution >= 4 is 23.4 Å². The van der Waals surface area contributed by atoms with Gasteiger partial charge in [-0.1, -0.05) is 42.3 Å². The average molecular weight is 386 g/mol. The fourth-order valence-corrected chi connectivity index (χ4v) is 4.04. The van der Waals surface area contributed by atoms with Crippen molar-refractivity contribution in [2.24, 2.45) is 0 Å². The molecule has 27 heavy (non-hydrogen) atoms. The maximum atomic E-state index is 12.1. The van der Waals surface area contributed by atoms with E-state index in [1.54, 1.807) is 0 Å². The molecule has 2 aliphatic rings. The van der Waals surface area contributed by atoms with Crippen molar-refractivity contribution in [1.29, 1.82) is 0 Å². The number of benzene rings is 1. The summed E-state index contributed by atoms with van der Waals surface area (Å²) in [6.45, 7) is 5.09. The molecule has 1 aromatic heterocycles. The van der Waals surface area contributed by atoms with Crippen LogP contribution in [0.2, 0.25) is 5.02 Å². The number of nitrogens with zero attached hydrogens (tertiary/aromatic N) is 2. The average Bonchev–Trinajstić information content (AvgIpc) is 3.46. The van der Waals surface area contributed by atoms with Crippen LogP contribution in [0.15, 0.2) is 18.2 Å². The third-order valence-electron chi connectivity index (χ3n) is 5.70. The van der Waals surface area contributed by atoms with Gasteiger partial charge >= 0.3 is 5.97 Å². The summed E-state index contributed by atoms with van der Waals surface area (Å²) in [6, 6.07) is 6.68. The molecule has 5 nitrogen and oxygen atoms in total. The zero-order valence-electron chi connectivity index (χ0n) is 15.9. The molecule has 0 aliphatic heterocycles. The first-order valence-corrected chi connectivity index (χ1v) is 9.79. The SMILES string of the molecule is COC(=O)c1nc(C2CC2)nc(NCC2(C)CCc3ccc(C)cc32)c1Cl. The topological polar surface area (TPSA) is 64.1 Å². The summed E-state index contributed by atoms with van der Waals surface area (Å²) < 4.78 is 4.84. The number of fused-ring (bicyclic) bond motifs is 1. The maximum absolute atomic E-state index is 12.1. The summed E-state index contributed by atoms with van der Waals surface area (Å²) in [5.74, 6) is 0.989. The minimum absolute atomic E-state index is 0.000798. The lowest BCUT2D eigenvalue weighted by molar-refractivity contribution is 0.0593. The van der Waals surface area contributed by atoms with Gasteiger partial charge in [0.25, 0.3) is 0 Å². The molecule has 0 bridgehead atoms. The second-order valence-corrected chi connectivity index (χ2v) is 8.31. The van der Waals surface area contributed by atoms with Crippen molar-refractivity contribution in [3.63, 3.8) is 0 Å². The lowest BCUT2D eigenvalue weighted by Gasteiger charge is -2.27. The van der Waals surface area contributed by atoms with Gasteiger partial charge in [-0.15, -0.1) is 0 Å². The molecular weight excluding hydrogens is 362 g/mol. The lowest BCUT2D eigenvalue weighted by Crippen LogP contribution is -2.29. The molecule has 1 atom stereocenters. The molecule has 1 N–H and O–H groups in total. The van der Waals surface area contributed by atoms with E-state index in [0.717, 1.165) is 25.7 Å². The van der Waals surface area contributed by atoms with E-state index in [9.17, 15) is 4.79 Å². The Balaban J connectivity index is 1.63. The standard InChI is InChI=1S/C21H24ClN3O2/c1-12-4-5-13-8-9-21(2,15(13)10-12)11-23-19-16(22)17(20(26)27-3)24-18(25-19)14-6-7-14/h4-5,10,14H,6-9,11H2,1-3H3,(H,23,24,25). The second kappa shape index (κ2) is 6.79. The van der Waals surface area contributed by atoms with E-state index in [0.29, 0.717) is 24.1 Å². The van der Waals surface area contributed by atoms with Crippen LogP contribution >= 0.6 is 11.6 Å². The number of carbonyl (C=O) groups is 1. The number of carbonyl (C=O) groups excluding carboxylic acids is 1. The van der Waals surface area contributed by atoms with E-state index in [1.807, 2.05) is 0 Å².